The number of ketones is 1. The van der Waals surface area contributed by atoms with Crippen molar-refractivity contribution in [3.8, 4) is 0 Å². The summed E-state index contributed by atoms with van der Waals surface area (Å²) < 4.78 is 15.6. The Balaban J connectivity index is 3.17. The zero-order chi connectivity index (χ0) is 12.1. The van der Waals surface area contributed by atoms with Gasteiger partial charge >= 0.3 is 0 Å². The first-order valence-corrected chi connectivity index (χ1v) is 4.91. The number of carbonyl (C=O) groups excluding carboxylic acids is 1. The predicted octanol–water partition coefficient (Wildman–Crippen LogP) is 1.94. The average molecular weight is 224 g/mol. The average Bonchev–Trinajstić information content (AvgIpc) is 2.46. The van der Waals surface area contributed by atoms with Gasteiger partial charge in [-0.3, -0.25) is 4.79 Å². The lowest BCUT2D eigenvalue weighted by Gasteiger charge is -2.11. The molecule has 4 heteroatoms. The lowest BCUT2D eigenvalue weighted by molar-refractivity contribution is -0.113. The highest BCUT2D eigenvalue weighted by Crippen LogP contribution is 2.25. The summed E-state index contributed by atoms with van der Waals surface area (Å²) in [5, 5.41) is 0. The van der Waals surface area contributed by atoms with Crippen LogP contribution < -0.4 is 0 Å². The molecule has 0 heterocycles. The third-order valence-corrected chi connectivity index (χ3v) is 2.39. The summed E-state index contributed by atoms with van der Waals surface area (Å²) in [4.78, 5) is 11.4. The molecule has 0 N–H and O–H groups in total. The molecule has 0 saturated heterocycles. The molecule has 0 aromatic heterocycles. The molecule has 0 aliphatic heterocycles. The maximum Gasteiger partial charge on any atom is 0.163 e. The van der Waals surface area contributed by atoms with Gasteiger partial charge in [0.25, 0.3) is 0 Å². The molecule has 1 aliphatic carbocycles. The van der Waals surface area contributed by atoms with Gasteiger partial charge in [-0.2, -0.15) is 0 Å². The molecule has 0 radical (unpaired) electrons. The maximum atomic E-state index is 11.4. The van der Waals surface area contributed by atoms with E-state index in [1.54, 1.807) is 26.4 Å². The molecule has 0 atom stereocenters. The summed E-state index contributed by atoms with van der Waals surface area (Å²) in [7, 11) is 4.66. The maximum absolute atomic E-state index is 11.4. The highest BCUT2D eigenvalue weighted by Gasteiger charge is 2.18. The Morgan fingerprint density at radius 3 is 2.12 bits per heavy atom. The van der Waals surface area contributed by atoms with Gasteiger partial charge in [-0.1, -0.05) is 0 Å². The molecule has 0 fully saturated rings. The van der Waals surface area contributed by atoms with Crippen LogP contribution in [0.25, 0.3) is 0 Å². The molecule has 0 aromatic rings. The number of rotatable bonds is 4. The second-order valence-electron chi connectivity index (χ2n) is 3.30. The minimum absolute atomic E-state index is 0.0408. The fourth-order valence-corrected chi connectivity index (χ4v) is 1.52. The van der Waals surface area contributed by atoms with Gasteiger partial charge in [0.1, 0.15) is 11.5 Å². The van der Waals surface area contributed by atoms with E-state index in [1.807, 2.05) is 0 Å². The Hall–Kier alpha value is -1.71. The van der Waals surface area contributed by atoms with Crippen LogP contribution in [0.3, 0.4) is 0 Å². The minimum atomic E-state index is -0.0408. The Morgan fingerprint density at radius 2 is 1.69 bits per heavy atom. The van der Waals surface area contributed by atoms with Crippen molar-refractivity contribution in [3.63, 3.8) is 0 Å². The second-order valence-corrected chi connectivity index (χ2v) is 3.30. The van der Waals surface area contributed by atoms with Crippen molar-refractivity contribution in [2.75, 3.05) is 21.3 Å². The molecule has 0 bridgehead atoms. The highest BCUT2D eigenvalue weighted by molar-refractivity contribution is 5.96. The van der Waals surface area contributed by atoms with Crippen LogP contribution in [0.5, 0.6) is 0 Å². The molecule has 0 saturated carbocycles. The molecule has 4 nitrogen and oxygen atoms in total. The van der Waals surface area contributed by atoms with Crippen LogP contribution in [-0.4, -0.2) is 27.1 Å². The molecule has 1 rings (SSSR count). The minimum Gasteiger partial charge on any atom is -0.500 e. The summed E-state index contributed by atoms with van der Waals surface area (Å²) in [5.41, 5.74) is 0.545. The smallest absolute Gasteiger partial charge is 0.163 e. The number of hydrogen-bond donors (Lipinski definition) is 0. The Labute approximate surface area is 95.2 Å². The molecule has 0 spiro atoms. The summed E-state index contributed by atoms with van der Waals surface area (Å²) in [6.45, 7) is 1.50. The molecule has 16 heavy (non-hydrogen) atoms. The summed E-state index contributed by atoms with van der Waals surface area (Å²) in [6.07, 6.45) is 3.81. The molecule has 0 aromatic carbocycles. The van der Waals surface area contributed by atoms with Crippen LogP contribution in [0.2, 0.25) is 0 Å². The molecule has 1 aliphatic rings. The Bertz CT molecular complexity index is 374. The van der Waals surface area contributed by atoms with Crippen LogP contribution in [0.15, 0.2) is 35.0 Å². The van der Waals surface area contributed by atoms with Crippen LogP contribution in [-0.2, 0) is 19.0 Å². The summed E-state index contributed by atoms with van der Waals surface area (Å²) in [5.74, 6) is 1.80. The Kier molecular flexibility index (Phi) is 4.17. The van der Waals surface area contributed by atoms with Gasteiger partial charge < -0.3 is 14.2 Å². The van der Waals surface area contributed by atoms with Crippen molar-refractivity contribution in [3.05, 3.63) is 35.0 Å². The predicted molar refractivity (Wildman–Crippen MR) is 59.5 cm³/mol. The SMILES string of the molecule is COC1=C(OC)CC(OC)=C(C(C)=O)C=C1. The van der Waals surface area contributed by atoms with Crippen LogP contribution in [0, 0.1) is 0 Å². The Morgan fingerprint density at radius 1 is 1.06 bits per heavy atom. The van der Waals surface area contributed by atoms with Gasteiger partial charge in [-0.05, 0) is 19.1 Å². The van der Waals surface area contributed by atoms with Gasteiger partial charge in [0.2, 0.25) is 0 Å². The normalized spacial score (nSPS) is 16.0. The molecular formula is C12H16O4. The first kappa shape index (κ1) is 12.4. The summed E-state index contributed by atoms with van der Waals surface area (Å²) in [6, 6.07) is 0. The number of Topliss-reactive ketones (excluding diaryl/α,β-unsaturated/α-hetero) is 1. The lowest BCUT2D eigenvalue weighted by atomic mass is 10.1. The third kappa shape index (κ3) is 2.45. The van der Waals surface area contributed by atoms with E-state index in [9.17, 15) is 4.79 Å². The van der Waals surface area contributed by atoms with Gasteiger partial charge in [0.05, 0.1) is 33.3 Å². The number of ether oxygens (including phenoxy) is 3. The zero-order valence-electron chi connectivity index (χ0n) is 9.99. The van der Waals surface area contributed by atoms with E-state index in [2.05, 4.69) is 0 Å². The molecule has 88 valence electrons. The molecular weight excluding hydrogens is 208 g/mol. The van der Waals surface area contributed by atoms with Crippen molar-refractivity contribution in [1.29, 1.82) is 0 Å². The van der Waals surface area contributed by atoms with E-state index >= 15 is 0 Å². The standard InChI is InChI=1S/C12H16O4/c1-8(13)9-5-6-10(14-2)12(16-4)7-11(9)15-3/h5-6H,7H2,1-4H3. The van der Waals surface area contributed by atoms with Crippen molar-refractivity contribution in [2.24, 2.45) is 0 Å². The van der Waals surface area contributed by atoms with Gasteiger partial charge in [-0.25, -0.2) is 0 Å². The zero-order valence-corrected chi connectivity index (χ0v) is 9.99. The number of carbonyl (C=O) groups is 1. The molecule has 0 amide bonds. The number of allylic oxidation sites excluding steroid dienone is 3. The van der Waals surface area contributed by atoms with Crippen LogP contribution in [0.1, 0.15) is 13.3 Å². The van der Waals surface area contributed by atoms with Crippen LogP contribution >= 0.6 is 0 Å². The van der Waals surface area contributed by atoms with Crippen molar-refractivity contribution < 1.29 is 19.0 Å². The van der Waals surface area contributed by atoms with E-state index in [0.717, 1.165) is 0 Å². The van der Waals surface area contributed by atoms with Crippen molar-refractivity contribution in [2.45, 2.75) is 13.3 Å². The van der Waals surface area contributed by atoms with Crippen molar-refractivity contribution in [1.82, 2.24) is 0 Å². The van der Waals surface area contributed by atoms with E-state index < -0.39 is 0 Å². The van der Waals surface area contributed by atoms with E-state index in [0.29, 0.717) is 29.3 Å². The quantitative estimate of drug-likeness (QED) is 0.732. The van der Waals surface area contributed by atoms with Gasteiger partial charge in [0.15, 0.2) is 11.5 Å². The largest absolute Gasteiger partial charge is 0.500 e. The van der Waals surface area contributed by atoms with Gasteiger partial charge in [0, 0.05) is 0 Å². The highest BCUT2D eigenvalue weighted by atomic mass is 16.5. The number of hydrogen-bond acceptors (Lipinski definition) is 4. The monoisotopic (exact) mass is 224 g/mol. The summed E-state index contributed by atoms with van der Waals surface area (Å²) >= 11 is 0. The van der Waals surface area contributed by atoms with E-state index in [4.69, 9.17) is 14.2 Å². The first-order chi connectivity index (χ1) is 7.63. The number of methoxy groups -OCH3 is 3. The molecule has 0 unspecified atom stereocenters. The van der Waals surface area contributed by atoms with E-state index in [1.165, 1.54) is 14.0 Å². The fraction of sp³-hybridized carbons (Fsp3) is 0.417. The topological polar surface area (TPSA) is 44.8 Å². The lowest BCUT2D eigenvalue weighted by Crippen LogP contribution is -2.02. The van der Waals surface area contributed by atoms with Crippen molar-refractivity contribution >= 4 is 5.78 Å². The van der Waals surface area contributed by atoms with E-state index in [-0.39, 0.29) is 5.78 Å². The fourth-order valence-electron chi connectivity index (χ4n) is 1.52. The second kappa shape index (κ2) is 5.39. The van der Waals surface area contributed by atoms with Crippen LogP contribution in [0.4, 0.5) is 0 Å². The van der Waals surface area contributed by atoms with Gasteiger partial charge in [-0.15, -0.1) is 0 Å². The first-order valence-electron chi connectivity index (χ1n) is 4.91. The third-order valence-electron chi connectivity index (χ3n) is 2.39.